The first kappa shape index (κ1) is 16.7. The zero-order valence-electron chi connectivity index (χ0n) is 13.9. The maximum Gasteiger partial charge on any atom is 0.265 e. The lowest BCUT2D eigenvalue weighted by Gasteiger charge is -2.35. The molecular weight excluding hydrogens is 300 g/mol. The van der Waals surface area contributed by atoms with Gasteiger partial charge in [-0.1, -0.05) is 55.0 Å². The number of benzene rings is 2. The number of nitrogens with zero attached hydrogens (tertiary/aromatic N) is 1. The molecule has 1 heterocycles. The summed E-state index contributed by atoms with van der Waals surface area (Å²) in [7, 11) is 0. The Kier molecular flexibility index (Phi) is 5.99. The third-order valence-corrected chi connectivity index (χ3v) is 4.33. The fourth-order valence-electron chi connectivity index (χ4n) is 2.99. The van der Waals surface area contributed by atoms with Crippen molar-refractivity contribution >= 4 is 5.91 Å². The Balaban J connectivity index is 1.52. The number of nitrogens with one attached hydrogen (secondary N) is 1. The molecule has 0 saturated carbocycles. The smallest absolute Gasteiger partial charge is 0.265 e. The van der Waals surface area contributed by atoms with Gasteiger partial charge in [-0.15, -0.1) is 0 Å². The standard InChI is InChI=1S/C20H24N2O2/c23-20(18-11-5-2-6-12-18)21-22-14-8-7-13-19(22)16-24-15-17-9-3-1-4-10-17/h1-6,9-12,19H,7-8,13-16H2,(H,21,23). The molecule has 0 radical (unpaired) electrons. The molecule has 1 amide bonds. The highest BCUT2D eigenvalue weighted by Gasteiger charge is 2.24. The molecular formula is C20H24N2O2. The number of rotatable bonds is 6. The van der Waals surface area contributed by atoms with Gasteiger partial charge in [0.2, 0.25) is 0 Å². The molecule has 4 nitrogen and oxygen atoms in total. The van der Waals surface area contributed by atoms with Gasteiger partial charge in [-0.2, -0.15) is 0 Å². The van der Waals surface area contributed by atoms with Crippen molar-refractivity contribution in [3.05, 3.63) is 71.8 Å². The van der Waals surface area contributed by atoms with Crippen LogP contribution in [0.4, 0.5) is 0 Å². The summed E-state index contributed by atoms with van der Waals surface area (Å²) >= 11 is 0. The van der Waals surface area contributed by atoms with Crippen LogP contribution in [0, 0.1) is 0 Å². The van der Waals surface area contributed by atoms with Gasteiger partial charge in [-0.25, -0.2) is 5.01 Å². The number of carbonyl (C=O) groups is 1. The number of ether oxygens (including phenoxy) is 1. The molecule has 1 atom stereocenters. The minimum Gasteiger partial charge on any atom is -0.375 e. The first-order chi connectivity index (χ1) is 11.8. The van der Waals surface area contributed by atoms with Crippen LogP contribution in [0.25, 0.3) is 0 Å². The fraction of sp³-hybridized carbons (Fsp3) is 0.350. The lowest BCUT2D eigenvalue weighted by molar-refractivity contribution is 0.00733. The van der Waals surface area contributed by atoms with E-state index in [0.717, 1.165) is 19.4 Å². The molecule has 24 heavy (non-hydrogen) atoms. The average molecular weight is 324 g/mol. The summed E-state index contributed by atoms with van der Waals surface area (Å²) < 4.78 is 5.88. The Bertz CT molecular complexity index is 631. The Hall–Kier alpha value is -2.17. The Morgan fingerprint density at radius 2 is 1.75 bits per heavy atom. The van der Waals surface area contributed by atoms with E-state index in [1.165, 1.54) is 12.0 Å². The van der Waals surface area contributed by atoms with Crippen LogP contribution in [-0.2, 0) is 11.3 Å². The van der Waals surface area contributed by atoms with Gasteiger partial charge < -0.3 is 4.74 Å². The molecule has 0 bridgehead atoms. The summed E-state index contributed by atoms with van der Waals surface area (Å²) in [5, 5.41) is 2.05. The van der Waals surface area contributed by atoms with E-state index in [1.807, 2.05) is 53.5 Å². The van der Waals surface area contributed by atoms with Crippen LogP contribution >= 0.6 is 0 Å². The zero-order valence-corrected chi connectivity index (χ0v) is 13.9. The molecule has 1 unspecified atom stereocenters. The van der Waals surface area contributed by atoms with Gasteiger partial charge in [0.1, 0.15) is 0 Å². The quantitative estimate of drug-likeness (QED) is 0.885. The normalized spacial score (nSPS) is 18.2. The number of hydrazine groups is 1. The first-order valence-electron chi connectivity index (χ1n) is 8.57. The lowest BCUT2D eigenvalue weighted by Crippen LogP contribution is -2.52. The number of amides is 1. The van der Waals surface area contributed by atoms with Crippen molar-refractivity contribution in [3.8, 4) is 0 Å². The van der Waals surface area contributed by atoms with Crippen molar-refractivity contribution in [2.45, 2.75) is 31.9 Å². The van der Waals surface area contributed by atoms with E-state index in [4.69, 9.17) is 4.74 Å². The molecule has 0 aromatic heterocycles. The minimum atomic E-state index is -0.0504. The van der Waals surface area contributed by atoms with Gasteiger partial charge in [0.15, 0.2) is 0 Å². The Morgan fingerprint density at radius 3 is 2.50 bits per heavy atom. The third-order valence-electron chi connectivity index (χ3n) is 4.33. The van der Waals surface area contributed by atoms with Gasteiger partial charge in [-0.05, 0) is 30.5 Å². The Labute approximate surface area is 143 Å². The van der Waals surface area contributed by atoms with Crippen molar-refractivity contribution in [3.63, 3.8) is 0 Å². The highest BCUT2D eigenvalue weighted by molar-refractivity contribution is 5.93. The largest absolute Gasteiger partial charge is 0.375 e. The summed E-state index contributed by atoms with van der Waals surface area (Å²) in [6, 6.07) is 19.7. The van der Waals surface area contributed by atoms with E-state index in [0.29, 0.717) is 18.8 Å². The van der Waals surface area contributed by atoms with Crippen LogP contribution < -0.4 is 5.43 Å². The van der Waals surface area contributed by atoms with Crippen LogP contribution in [0.3, 0.4) is 0 Å². The first-order valence-corrected chi connectivity index (χ1v) is 8.57. The summed E-state index contributed by atoms with van der Waals surface area (Å²) in [5.74, 6) is -0.0504. The molecule has 1 N–H and O–H groups in total. The highest BCUT2D eigenvalue weighted by Crippen LogP contribution is 2.16. The summed E-state index contributed by atoms with van der Waals surface area (Å²) in [4.78, 5) is 12.4. The third kappa shape index (κ3) is 4.66. The topological polar surface area (TPSA) is 41.6 Å². The molecule has 0 spiro atoms. The second-order valence-corrected chi connectivity index (χ2v) is 6.15. The fourth-order valence-corrected chi connectivity index (χ4v) is 2.99. The van der Waals surface area contributed by atoms with Gasteiger partial charge in [0.25, 0.3) is 5.91 Å². The minimum absolute atomic E-state index is 0.0504. The molecule has 2 aromatic carbocycles. The van der Waals surface area contributed by atoms with Crippen molar-refractivity contribution in [1.82, 2.24) is 10.4 Å². The van der Waals surface area contributed by atoms with Crippen molar-refractivity contribution in [2.24, 2.45) is 0 Å². The zero-order chi connectivity index (χ0) is 16.6. The highest BCUT2D eigenvalue weighted by atomic mass is 16.5. The van der Waals surface area contributed by atoms with Crippen molar-refractivity contribution in [2.75, 3.05) is 13.2 Å². The summed E-state index contributed by atoms with van der Waals surface area (Å²) in [6.07, 6.45) is 3.32. The predicted molar refractivity (Wildman–Crippen MR) is 94.4 cm³/mol. The van der Waals surface area contributed by atoms with E-state index in [2.05, 4.69) is 17.6 Å². The monoisotopic (exact) mass is 324 g/mol. The van der Waals surface area contributed by atoms with E-state index < -0.39 is 0 Å². The van der Waals surface area contributed by atoms with E-state index >= 15 is 0 Å². The maximum absolute atomic E-state index is 12.4. The molecule has 1 saturated heterocycles. The van der Waals surface area contributed by atoms with Gasteiger partial charge in [0, 0.05) is 12.1 Å². The van der Waals surface area contributed by atoms with E-state index in [9.17, 15) is 4.79 Å². The molecule has 1 fully saturated rings. The van der Waals surface area contributed by atoms with Crippen LogP contribution in [0.1, 0.15) is 35.2 Å². The molecule has 1 aliphatic rings. The molecule has 126 valence electrons. The van der Waals surface area contributed by atoms with Crippen molar-refractivity contribution in [1.29, 1.82) is 0 Å². The van der Waals surface area contributed by atoms with Gasteiger partial charge in [-0.3, -0.25) is 10.2 Å². The molecule has 1 aliphatic heterocycles. The molecule has 4 heteroatoms. The average Bonchev–Trinajstić information content (AvgIpc) is 2.65. The molecule has 0 aliphatic carbocycles. The molecule has 2 aromatic rings. The lowest BCUT2D eigenvalue weighted by atomic mass is 10.0. The van der Waals surface area contributed by atoms with Crippen LogP contribution in [0.5, 0.6) is 0 Å². The van der Waals surface area contributed by atoms with Crippen LogP contribution in [0.15, 0.2) is 60.7 Å². The summed E-state index contributed by atoms with van der Waals surface area (Å²) in [5.41, 5.74) is 4.91. The maximum atomic E-state index is 12.4. The Morgan fingerprint density at radius 1 is 1.04 bits per heavy atom. The van der Waals surface area contributed by atoms with Gasteiger partial charge in [0.05, 0.1) is 19.3 Å². The van der Waals surface area contributed by atoms with Gasteiger partial charge >= 0.3 is 0 Å². The van der Waals surface area contributed by atoms with Crippen LogP contribution in [0.2, 0.25) is 0 Å². The number of piperidine rings is 1. The second-order valence-electron chi connectivity index (χ2n) is 6.15. The number of hydrogen-bond donors (Lipinski definition) is 1. The molecule has 3 rings (SSSR count). The number of hydrogen-bond acceptors (Lipinski definition) is 3. The van der Waals surface area contributed by atoms with E-state index in [1.54, 1.807) is 0 Å². The SMILES string of the molecule is O=C(NN1CCCCC1COCc1ccccc1)c1ccccc1. The van der Waals surface area contributed by atoms with Crippen LogP contribution in [-0.4, -0.2) is 30.1 Å². The number of carbonyl (C=O) groups excluding carboxylic acids is 1. The summed E-state index contributed by atoms with van der Waals surface area (Å²) in [6.45, 7) is 2.11. The van der Waals surface area contributed by atoms with E-state index in [-0.39, 0.29) is 11.9 Å². The predicted octanol–water partition coefficient (Wildman–Crippen LogP) is 3.40. The second kappa shape index (κ2) is 8.62. The van der Waals surface area contributed by atoms with Crippen molar-refractivity contribution < 1.29 is 9.53 Å².